The van der Waals surface area contributed by atoms with Crippen LogP contribution in [0.1, 0.15) is 59.2 Å². The van der Waals surface area contributed by atoms with Gasteiger partial charge in [-0.1, -0.05) is 12.5 Å². The molecule has 2 aliphatic rings. The van der Waals surface area contributed by atoms with Gasteiger partial charge in [-0.2, -0.15) is 0 Å². The summed E-state index contributed by atoms with van der Waals surface area (Å²) < 4.78 is 0. The van der Waals surface area contributed by atoms with Crippen LogP contribution >= 0.6 is 11.8 Å². The zero-order valence-corrected chi connectivity index (χ0v) is 16.0. The number of rotatable bonds is 8. The second-order valence-corrected chi connectivity index (χ2v) is 7.89. The minimum Gasteiger partial charge on any atom is -0.370 e. The van der Waals surface area contributed by atoms with E-state index < -0.39 is 29.7 Å². The normalized spacial score (nSPS) is 19.0. The number of carbonyl (C=O) groups excluding carboxylic acids is 5. The number of carbonyl (C=O) groups is 5. The first-order valence-electron chi connectivity index (χ1n) is 9.16. The molecule has 3 N–H and O–H groups in total. The van der Waals surface area contributed by atoms with Crippen molar-refractivity contribution in [3.05, 3.63) is 29.3 Å². The summed E-state index contributed by atoms with van der Waals surface area (Å²) in [6.45, 7) is 0. The summed E-state index contributed by atoms with van der Waals surface area (Å²) in [6, 6.07) is 4.12. The van der Waals surface area contributed by atoms with Crippen LogP contribution in [0.15, 0.2) is 23.1 Å². The first-order chi connectivity index (χ1) is 13.4. The molecule has 9 heteroatoms. The number of imide groups is 2. The minimum atomic E-state index is -0.961. The van der Waals surface area contributed by atoms with E-state index in [0.29, 0.717) is 16.9 Å². The number of piperidine rings is 1. The van der Waals surface area contributed by atoms with Crippen LogP contribution in [0.3, 0.4) is 0 Å². The number of benzene rings is 1. The minimum absolute atomic E-state index is 0.0940. The fourth-order valence-corrected chi connectivity index (χ4v) is 4.45. The fourth-order valence-electron chi connectivity index (χ4n) is 3.36. The number of thioether (sulfide) groups is 1. The highest BCUT2D eigenvalue weighted by Crippen LogP contribution is 2.34. The molecule has 1 fully saturated rings. The van der Waals surface area contributed by atoms with Crippen LogP contribution in [-0.4, -0.2) is 46.2 Å². The molecule has 1 saturated heterocycles. The van der Waals surface area contributed by atoms with Crippen molar-refractivity contribution in [2.45, 2.75) is 49.5 Å². The lowest BCUT2D eigenvalue weighted by molar-refractivity contribution is -0.136. The molecule has 148 valence electrons. The summed E-state index contributed by atoms with van der Waals surface area (Å²) in [5, 5.41) is 2.19. The molecule has 0 saturated carbocycles. The average Bonchev–Trinajstić information content (AvgIpc) is 2.90. The van der Waals surface area contributed by atoms with E-state index in [4.69, 9.17) is 5.73 Å². The molecule has 1 atom stereocenters. The van der Waals surface area contributed by atoms with E-state index in [1.165, 1.54) is 11.8 Å². The Morgan fingerprint density at radius 1 is 1.14 bits per heavy atom. The van der Waals surface area contributed by atoms with Crippen molar-refractivity contribution in [1.82, 2.24) is 10.2 Å². The second kappa shape index (κ2) is 8.55. The Labute approximate surface area is 166 Å². The number of primary amides is 1. The van der Waals surface area contributed by atoms with Gasteiger partial charge in [0.2, 0.25) is 17.7 Å². The number of nitrogens with zero attached hydrogens (tertiary/aromatic N) is 1. The lowest BCUT2D eigenvalue weighted by atomic mass is 10.0. The van der Waals surface area contributed by atoms with Crippen LogP contribution in [-0.2, 0) is 14.4 Å². The van der Waals surface area contributed by atoms with Gasteiger partial charge in [-0.3, -0.25) is 34.2 Å². The van der Waals surface area contributed by atoms with Gasteiger partial charge in [0.25, 0.3) is 11.8 Å². The van der Waals surface area contributed by atoms with Crippen molar-refractivity contribution in [1.29, 1.82) is 0 Å². The molecule has 2 aliphatic heterocycles. The van der Waals surface area contributed by atoms with Gasteiger partial charge in [0.15, 0.2) is 0 Å². The van der Waals surface area contributed by atoms with Gasteiger partial charge in [0.05, 0.1) is 11.1 Å². The number of nitrogens with two attached hydrogens (primary N) is 1. The molecule has 0 bridgehead atoms. The summed E-state index contributed by atoms with van der Waals surface area (Å²) in [6.07, 6.45) is 3.01. The van der Waals surface area contributed by atoms with Crippen molar-refractivity contribution < 1.29 is 24.0 Å². The average molecular weight is 403 g/mol. The summed E-state index contributed by atoms with van der Waals surface area (Å²) in [7, 11) is 0. The van der Waals surface area contributed by atoms with Crippen LogP contribution in [0.5, 0.6) is 0 Å². The summed E-state index contributed by atoms with van der Waals surface area (Å²) in [4.78, 5) is 61.6. The smallest absolute Gasteiger partial charge is 0.263 e. The first-order valence-corrected chi connectivity index (χ1v) is 10.1. The molecule has 1 aromatic rings. The molecule has 0 radical (unpaired) electrons. The highest BCUT2D eigenvalue weighted by Gasteiger charge is 2.45. The predicted octanol–water partition coefficient (Wildman–Crippen LogP) is 1.23. The molecule has 5 amide bonds. The molecule has 0 aromatic heterocycles. The fraction of sp³-hybridized carbons (Fsp3) is 0.421. The molecule has 1 unspecified atom stereocenters. The van der Waals surface area contributed by atoms with Crippen LogP contribution in [0, 0.1) is 0 Å². The lowest BCUT2D eigenvalue weighted by Gasteiger charge is -2.27. The van der Waals surface area contributed by atoms with Gasteiger partial charge < -0.3 is 5.73 Å². The Kier molecular flexibility index (Phi) is 6.13. The van der Waals surface area contributed by atoms with Crippen LogP contribution in [0.4, 0.5) is 0 Å². The Balaban J connectivity index is 1.69. The number of hydrogen-bond donors (Lipinski definition) is 2. The molecule has 1 aromatic carbocycles. The predicted molar refractivity (Wildman–Crippen MR) is 102 cm³/mol. The molecule has 3 rings (SSSR count). The zero-order chi connectivity index (χ0) is 20.3. The monoisotopic (exact) mass is 403 g/mol. The molecule has 0 aliphatic carbocycles. The topological polar surface area (TPSA) is 127 Å². The number of nitrogens with one attached hydrogen (secondary N) is 1. The first kappa shape index (κ1) is 20.1. The Bertz CT molecular complexity index is 854. The molecular weight excluding hydrogens is 382 g/mol. The molecule has 0 spiro atoms. The maximum atomic E-state index is 12.9. The highest BCUT2D eigenvalue weighted by molar-refractivity contribution is 7.99. The summed E-state index contributed by atoms with van der Waals surface area (Å²) in [5.74, 6) is -1.59. The van der Waals surface area contributed by atoms with Crippen molar-refractivity contribution in [3.8, 4) is 0 Å². The third-order valence-corrected chi connectivity index (χ3v) is 5.90. The van der Waals surface area contributed by atoms with E-state index in [-0.39, 0.29) is 24.3 Å². The van der Waals surface area contributed by atoms with Gasteiger partial charge in [-0.25, -0.2) is 0 Å². The Morgan fingerprint density at radius 2 is 1.93 bits per heavy atom. The molecular formula is C19H21N3O5S. The van der Waals surface area contributed by atoms with E-state index in [0.717, 1.165) is 29.9 Å². The van der Waals surface area contributed by atoms with Gasteiger partial charge in [0, 0.05) is 17.7 Å². The molecule has 8 nitrogen and oxygen atoms in total. The zero-order valence-electron chi connectivity index (χ0n) is 15.2. The highest BCUT2D eigenvalue weighted by atomic mass is 32.2. The Morgan fingerprint density at radius 3 is 2.64 bits per heavy atom. The molecule has 2 heterocycles. The number of hydrogen-bond acceptors (Lipinski definition) is 6. The van der Waals surface area contributed by atoms with E-state index >= 15 is 0 Å². The van der Waals surface area contributed by atoms with Crippen LogP contribution < -0.4 is 11.1 Å². The van der Waals surface area contributed by atoms with Gasteiger partial charge >= 0.3 is 0 Å². The van der Waals surface area contributed by atoms with Gasteiger partial charge in [0.1, 0.15) is 6.04 Å². The standard InChI is InChI=1S/C19H21N3O5S/c20-14(23)7-2-1-3-10-28-13-6-4-5-11-16(13)19(27)22(18(11)26)12-8-9-15(24)21-17(12)25/h4-6,12H,1-3,7-10H2,(H2,20,23)(H,21,24,25). The lowest BCUT2D eigenvalue weighted by Crippen LogP contribution is -2.54. The molecule has 28 heavy (non-hydrogen) atoms. The van der Waals surface area contributed by atoms with Gasteiger partial charge in [-0.05, 0) is 37.1 Å². The third kappa shape index (κ3) is 4.09. The van der Waals surface area contributed by atoms with Crippen molar-refractivity contribution >= 4 is 41.3 Å². The number of unbranched alkanes of at least 4 members (excludes halogenated alkanes) is 2. The quantitative estimate of drug-likeness (QED) is 0.382. The van der Waals surface area contributed by atoms with E-state index in [1.807, 2.05) is 0 Å². The maximum absolute atomic E-state index is 12.9. The van der Waals surface area contributed by atoms with Crippen molar-refractivity contribution in [2.75, 3.05) is 5.75 Å². The van der Waals surface area contributed by atoms with E-state index in [9.17, 15) is 24.0 Å². The van der Waals surface area contributed by atoms with Crippen LogP contribution in [0.25, 0.3) is 0 Å². The Hall–Kier alpha value is -2.68. The number of fused-ring (bicyclic) bond motifs is 1. The van der Waals surface area contributed by atoms with Crippen molar-refractivity contribution in [2.24, 2.45) is 5.73 Å². The third-order valence-electron chi connectivity index (χ3n) is 4.75. The van der Waals surface area contributed by atoms with Crippen molar-refractivity contribution in [3.63, 3.8) is 0 Å². The summed E-state index contributed by atoms with van der Waals surface area (Å²) >= 11 is 1.47. The van der Waals surface area contributed by atoms with Gasteiger partial charge in [-0.15, -0.1) is 11.8 Å². The largest absolute Gasteiger partial charge is 0.370 e. The SMILES string of the molecule is NC(=O)CCCCCSc1cccc2c1C(=O)N(C1CCC(=O)NC1=O)C2=O. The second-order valence-electron chi connectivity index (χ2n) is 6.75. The summed E-state index contributed by atoms with van der Waals surface area (Å²) in [5.41, 5.74) is 5.72. The maximum Gasteiger partial charge on any atom is 0.263 e. The van der Waals surface area contributed by atoms with E-state index in [1.54, 1.807) is 18.2 Å². The number of amides is 5. The van der Waals surface area contributed by atoms with E-state index in [2.05, 4.69) is 5.32 Å². The van der Waals surface area contributed by atoms with Crippen LogP contribution in [0.2, 0.25) is 0 Å².